The molecule has 12 nitrogen and oxygen atoms in total. The fourth-order valence-electron chi connectivity index (χ4n) is 5.11. The number of amides is 2. The molecule has 5 rings (SSSR count). The van der Waals surface area contributed by atoms with E-state index in [1.807, 2.05) is 12.1 Å². The Morgan fingerprint density at radius 3 is 2.70 bits per heavy atom. The summed E-state index contributed by atoms with van der Waals surface area (Å²) in [5.41, 5.74) is -1.20. The number of carbonyl (C=O) groups excluding carboxylic acids is 2. The summed E-state index contributed by atoms with van der Waals surface area (Å²) in [7, 11) is 4.18. The molecule has 0 bridgehead atoms. The molecule has 2 aliphatic rings. The van der Waals surface area contributed by atoms with Crippen LogP contribution in [0, 0.1) is 0 Å². The molecule has 2 aromatic heterocycles. The number of allylic oxidation sites excluding steroid dienone is 2. The Labute approximate surface area is 256 Å². The Hall–Kier alpha value is -4.26. The van der Waals surface area contributed by atoms with Gasteiger partial charge in [-0.1, -0.05) is 48.0 Å². The second-order valence-electron chi connectivity index (χ2n) is 10.2. The minimum absolute atomic E-state index is 0.0310. The molecule has 43 heavy (non-hydrogen) atoms. The predicted molar refractivity (Wildman–Crippen MR) is 161 cm³/mol. The van der Waals surface area contributed by atoms with Gasteiger partial charge >= 0.3 is 5.69 Å². The largest absolute Gasteiger partial charge is 0.480 e. The number of hydrogen-bond acceptors (Lipinski definition) is 8. The lowest BCUT2D eigenvalue weighted by Crippen LogP contribution is -2.54. The van der Waals surface area contributed by atoms with E-state index in [9.17, 15) is 19.2 Å². The van der Waals surface area contributed by atoms with Crippen molar-refractivity contribution in [3.63, 3.8) is 0 Å². The maximum absolute atomic E-state index is 13.8. The number of aryl methyl sites for hydroxylation is 1. The van der Waals surface area contributed by atoms with Crippen LogP contribution in [-0.4, -0.2) is 56.0 Å². The first-order valence-corrected chi connectivity index (χ1v) is 14.1. The molecule has 14 heteroatoms. The number of carbonyl (C=O) groups is 2. The highest BCUT2D eigenvalue weighted by atomic mass is 35.5. The van der Waals surface area contributed by atoms with Crippen molar-refractivity contribution in [2.24, 2.45) is 14.1 Å². The zero-order valence-electron chi connectivity index (χ0n) is 23.6. The number of nitrogens with zero attached hydrogens (tertiary/aromatic N) is 4. The van der Waals surface area contributed by atoms with Gasteiger partial charge in [0, 0.05) is 50.9 Å². The van der Waals surface area contributed by atoms with Crippen molar-refractivity contribution in [1.29, 1.82) is 0 Å². The SMILES string of the molecule is COc1nc(C2(NC(=O)c3cn(C)c(=O)n(C)c3=O)C=CC=C(c3ccccc3Cl)[C@@H]2Cl)cnc1CNC1CNC(=O)C1. The Morgan fingerprint density at radius 2 is 2.00 bits per heavy atom. The molecule has 0 radical (unpaired) electrons. The molecule has 0 spiro atoms. The molecule has 2 amide bonds. The number of benzene rings is 1. The molecule has 3 heterocycles. The van der Waals surface area contributed by atoms with E-state index in [0.717, 1.165) is 9.13 Å². The van der Waals surface area contributed by atoms with Gasteiger partial charge < -0.3 is 25.3 Å². The van der Waals surface area contributed by atoms with Gasteiger partial charge in [0.05, 0.1) is 24.4 Å². The third kappa shape index (κ3) is 5.73. The first-order valence-electron chi connectivity index (χ1n) is 13.3. The van der Waals surface area contributed by atoms with Crippen LogP contribution >= 0.6 is 23.2 Å². The molecule has 1 saturated heterocycles. The smallest absolute Gasteiger partial charge is 0.330 e. The summed E-state index contributed by atoms with van der Waals surface area (Å²) in [6, 6.07) is 7.08. The van der Waals surface area contributed by atoms with Crippen LogP contribution in [-0.2, 0) is 31.0 Å². The number of halogens is 2. The van der Waals surface area contributed by atoms with Crippen LogP contribution < -0.4 is 31.9 Å². The first-order chi connectivity index (χ1) is 20.6. The molecule has 1 fully saturated rings. The maximum Gasteiger partial charge on any atom is 0.330 e. The Bertz CT molecular complexity index is 1780. The highest BCUT2D eigenvalue weighted by Gasteiger charge is 2.45. The first kappa shape index (κ1) is 30.2. The van der Waals surface area contributed by atoms with Crippen molar-refractivity contribution in [2.75, 3.05) is 13.7 Å². The number of aromatic nitrogens is 4. The highest BCUT2D eigenvalue weighted by Crippen LogP contribution is 2.42. The van der Waals surface area contributed by atoms with Crippen LogP contribution in [0.25, 0.3) is 5.57 Å². The summed E-state index contributed by atoms with van der Waals surface area (Å²) in [5, 5.41) is 8.43. The van der Waals surface area contributed by atoms with Gasteiger partial charge in [-0.2, -0.15) is 0 Å². The molecule has 1 aliphatic heterocycles. The van der Waals surface area contributed by atoms with Crippen molar-refractivity contribution in [2.45, 2.75) is 29.9 Å². The van der Waals surface area contributed by atoms with Crippen molar-refractivity contribution in [3.8, 4) is 5.88 Å². The van der Waals surface area contributed by atoms with Gasteiger partial charge in [-0.15, -0.1) is 11.6 Å². The van der Waals surface area contributed by atoms with Crippen molar-refractivity contribution in [1.82, 2.24) is 35.1 Å². The average molecular weight is 627 g/mol. The van der Waals surface area contributed by atoms with Gasteiger partial charge in [0.1, 0.15) is 16.8 Å². The maximum atomic E-state index is 13.8. The number of methoxy groups -OCH3 is 1. The van der Waals surface area contributed by atoms with Crippen molar-refractivity contribution < 1.29 is 14.3 Å². The van der Waals surface area contributed by atoms with Gasteiger partial charge in [0.2, 0.25) is 11.8 Å². The van der Waals surface area contributed by atoms with E-state index in [-0.39, 0.29) is 35.6 Å². The lowest BCUT2D eigenvalue weighted by Gasteiger charge is -2.38. The van der Waals surface area contributed by atoms with Gasteiger partial charge in [0.25, 0.3) is 11.5 Å². The molecule has 3 atom stereocenters. The number of nitrogens with one attached hydrogen (secondary N) is 3. The Morgan fingerprint density at radius 1 is 1.23 bits per heavy atom. The average Bonchev–Trinajstić information content (AvgIpc) is 3.43. The van der Waals surface area contributed by atoms with Crippen LogP contribution in [0.3, 0.4) is 0 Å². The van der Waals surface area contributed by atoms with Gasteiger partial charge in [-0.05, 0) is 17.2 Å². The highest BCUT2D eigenvalue weighted by molar-refractivity contribution is 6.34. The minimum Gasteiger partial charge on any atom is -0.480 e. The number of ether oxygens (including phenoxy) is 1. The van der Waals surface area contributed by atoms with Gasteiger partial charge in [0.15, 0.2) is 0 Å². The second-order valence-corrected chi connectivity index (χ2v) is 11.1. The fourth-order valence-corrected chi connectivity index (χ4v) is 5.79. The molecular weight excluding hydrogens is 597 g/mol. The predicted octanol–water partition coefficient (Wildman–Crippen LogP) is 1.40. The normalized spacial score (nSPS) is 21.3. The summed E-state index contributed by atoms with van der Waals surface area (Å²) < 4.78 is 7.57. The molecule has 0 saturated carbocycles. The molecule has 3 N–H and O–H groups in total. The van der Waals surface area contributed by atoms with E-state index in [1.54, 1.807) is 30.4 Å². The molecule has 224 valence electrons. The number of rotatable bonds is 8. The Kier molecular flexibility index (Phi) is 8.54. The summed E-state index contributed by atoms with van der Waals surface area (Å²) in [6.07, 6.45) is 8.17. The van der Waals surface area contributed by atoms with Crippen LogP contribution in [0.4, 0.5) is 0 Å². The number of hydrogen-bond donors (Lipinski definition) is 3. The molecule has 3 aromatic rings. The van der Waals surface area contributed by atoms with E-state index in [4.69, 9.17) is 32.9 Å². The topological polar surface area (TPSA) is 149 Å². The second kappa shape index (κ2) is 12.2. The van der Waals surface area contributed by atoms with Crippen molar-refractivity contribution >= 4 is 40.6 Å². The fraction of sp³-hybridized carbons (Fsp3) is 0.310. The molecule has 1 aromatic carbocycles. The molecule has 2 unspecified atom stereocenters. The zero-order chi connectivity index (χ0) is 30.9. The quantitative estimate of drug-likeness (QED) is 0.318. The summed E-state index contributed by atoms with van der Waals surface area (Å²) in [6.45, 7) is 0.774. The summed E-state index contributed by atoms with van der Waals surface area (Å²) >= 11 is 13.7. The van der Waals surface area contributed by atoms with E-state index >= 15 is 0 Å². The van der Waals surface area contributed by atoms with E-state index in [0.29, 0.717) is 34.8 Å². The van der Waals surface area contributed by atoms with Crippen LogP contribution in [0.2, 0.25) is 5.02 Å². The standard InChI is InChI=1S/C29H29Cl2N7O5/c1-37-15-19(27(41)38(2)28(37)42)25(40)36-29(10-6-8-18(24(29)31)17-7-4-5-9-20(17)30)22-14-33-21(26(35-22)43-3)13-32-16-11-23(39)34-12-16/h4-10,14-16,24,32H,11-13H2,1-3H3,(H,34,39)(H,36,40)/t16?,24-,29?/m0/s1. The molecular formula is C29H29Cl2N7O5. The number of alkyl halides is 1. The minimum atomic E-state index is -1.53. The summed E-state index contributed by atoms with van der Waals surface area (Å²) in [5.74, 6) is -0.631. The molecule has 1 aliphatic carbocycles. The van der Waals surface area contributed by atoms with Crippen LogP contribution in [0.5, 0.6) is 5.88 Å². The summed E-state index contributed by atoms with van der Waals surface area (Å²) in [4.78, 5) is 59.9. The lowest BCUT2D eigenvalue weighted by atomic mass is 9.80. The van der Waals surface area contributed by atoms with Gasteiger partial charge in [-0.3, -0.25) is 23.9 Å². The third-order valence-corrected chi connectivity index (χ3v) is 8.38. The van der Waals surface area contributed by atoms with Crippen LogP contribution in [0.1, 0.15) is 33.7 Å². The van der Waals surface area contributed by atoms with Gasteiger partial charge in [-0.25, -0.2) is 9.78 Å². The Balaban J connectivity index is 1.58. The van der Waals surface area contributed by atoms with E-state index < -0.39 is 28.1 Å². The van der Waals surface area contributed by atoms with E-state index in [2.05, 4.69) is 20.9 Å². The zero-order valence-corrected chi connectivity index (χ0v) is 25.1. The van der Waals surface area contributed by atoms with E-state index in [1.165, 1.54) is 33.6 Å². The van der Waals surface area contributed by atoms with Crippen LogP contribution in [0.15, 0.2) is 64.5 Å². The lowest BCUT2D eigenvalue weighted by molar-refractivity contribution is -0.119. The monoisotopic (exact) mass is 625 g/mol. The van der Waals surface area contributed by atoms with Crippen molar-refractivity contribution in [3.05, 3.63) is 103 Å². The third-order valence-electron chi connectivity index (χ3n) is 7.47.